The molecule has 0 saturated carbocycles. The fourth-order valence-corrected chi connectivity index (χ4v) is 6.51. The molecule has 4 atom stereocenters. The summed E-state index contributed by atoms with van der Waals surface area (Å²) in [6.07, 6.45) is 5.42. The molecule has 212 valence electrons. The van der Waals surface area contributed by atoms with E-state index in [2.05, 4.69) is 12.7 Å². The van der Waals surface area contributed by atoms with E-state index in [1.165, 1.54) is 5.57 Å². The zero-order valence-corrected chi connectivity index (χ0v) is 24.8. The van der Waals surface area contributed by atoms with Gasteiger partial charge in [-0.15, -0.1) is 11.8 Å². The van der Waals surface area contributed by atoms with Gasteiger partial charge in [0.15, 0.2) is 0 Å². The number of carbonyl (C=O) groups is 1. The lowest BCUT2D eigenvalue weighted by atomic mass is 9.73. The standard InChI is InChI=1S/C30H39O7PS/c1-6-11-23-17-26(31)28(25-16-21(5)14-15-24(25)20(3)4)27(18-23)36-29(32)30(39-7-2)37-38(33,34)35-19-22-12-9-8-10-13-22/h8-10,12-13,16-18,24-25,30-31H,3,6-7,11,14-15,19H2,1-2,4-5H3,(H,33,34)/t24-,25+,30?/m0/s1. The fourth-order valence-electron chi connectivity index (χ4n) is 4.76. The number of phenols is 1. The van der Waals surface area contributed by atoms with Crippen LogP contribution in [0, 0.1) is 5.92 Å². The molecule has 2 unspecified atom stereocenters. The van der Waals surface area contributed by atoms with E-state index in [9.17, 15) is 19.4 Å². The number of carbonyl (C=O) groups excluding carboxylic acids is 1. The number of aryl methyl sites for hydroxylation is 1. The van der Waals surface area contributed by atoms with Crippen molar-refractivity contribution in [1.29, 1.82) is 0 Å². The van der Waals surface area contributed by atoms with Gasteiger partial charge in [-0.25, -0.2) is 9.36 Å². The van der Waals surface area contributed by atoms with Crippen LogP contribution in [0.3, 0.4) is 0 Å². The maximum absolute atomic E-state index is 13.4. The Balaban J connectivity index is 1.90. The van der Waals surface area contributed by atoms with Crippen LogP contribution in [0.2, 0.25) is 0 Å². The lowest BCUT2D eigenvalue weighted by Gasteiger charge is -2.32. The number of phenolic OH excluding ortho intramolecular Hbond substituents is 1. The summed E-state index contributed by atoms with van der Waals surface area (Å²) in [5, 5.41) is 11.2. The Hall–Kier alpha value is -2.35. The van der Waals surface area contributed by atoms with Crippen LogP contribution >= 0.6 is 19.6 Å². The average molecular weight is 575 g/mol. The zero-order valence-electron chi connectivity index (χ0n) is 23.1. The molecule has 0 heterocycles. The SMILES string of the molecule is C=C(C)[C@@H]1CCC(C)=C[C@H]1c1c(O)cc(CCC)cc1OC(=O)C(OP(=O)(O)OCc1ccccc1)SCC. The van der Waals surface area contributed by atoms with Crippen molar-refractivity contribution < 1.29 is 33.1 Å². The first-order chi connectivity index (χ1) is 18.5. The van der Waals surface area contributed by atoms with Crippen molar-refractivity contribution in [3.8, 4) is 11.5 Å². The van der Waals surface area contributed by atoms with Crippen molar-refractivity contribution in [3.05, 3.63) is 83.0 Å². The predicted octanol–water partition coefficient (Wildman–Crippen LogP) is 7.68. The molecule has 0 amide bonds. The number of allylic oxidation sites excluding steroid dienone is 3. The number of thioether (sulfide) groups is 1. The van der Waals surface area contributed by atoms with Crippen molar-refractivity contribution in [2.24, 2.45) is 5.92 Å². The van der Waals surface area contributed by atoms with Gasteiger partial charge >= 0.3 is 13.8 Å². The summed E-state index contributed by atoms with van der Waals surface area (Å²) in [7, 11) is -4.59. The molecule has 1 aliphatic carbocycles. The molecule has 39 heavy (non-hydrogen) atoms. The van der Waals surface area contributed by atoms with Gasteiger partial charge in [0.1, 0.15) is 11.5 Å². The number of phosphoric acid groups is 1. The Morgan fingerprint density at radius 3 is 2.56 bits per heavy atom. The summed E-state index contributed by atoms with van der Waals surface area (Å²) in [6.45, 7) is 11.9. The van der Waals surface area contributed by atoms with Crippen LogP contribution in [0.4, 0.5) is 0 Å². The van der Waals surface area contributed by atoms with Crippen LogP contribution in [0.1, 0.15) is 69.6 Å². The van der Waals surface area contributed by atoms with Gasteiger partial charge in [-0.1, -0.05) is 74.4 Å². The average Bonchev–Trinajstić information content (AvgIpc) is 2.87. The molecule has 0 fully saturated rings. The largest absolute Gasteiger partial charge is 0.507 e. The maximum Gasteiger partial charge on any atom is 0.474 e. The van der Waals surface area contributed by atoms with E-state index >= 15 is 0 Å². The highest BCUT2D eigenvalue weighted by Crippen LogP contribution is 2.49. The number of phosphoric ester groups is 1. The van der Waals surface area contributed by atoms with Crippen LogP contribution in [-0.4, -0.2) is 27.2 Å². The van der Waals surface area contributed by atoms with Gasteiger partial charge < -0.3 is 14.7 Å². The van der Waals surface area contributed by atoms with Gasteiger partial charge in [0.25, 0.3) is 0 Å². The van der Waals surface area contributed by atoms with Gasteiger partial charge in [0, 0.05) is 11.5 Å². The summed E-state index contributed by atoms with van der Waals surface area (Å²) in [6, 6.07) is 12.4. The molecule has 2 aromatic carbocycles. The third-order valence-corrected chi connectivity index (χ3v) is 8.62. The highest BCUT2D eigenvalue weighted by atomic mass is 32.2. The second-order valence-corrected chi connectivity index (χ2v) is 12.6. The molecule has 9 heteroatoms. The van der Waals surface area contributed by atoms with E-state index in [1.807, 2.05) is 26.8 Å². The molecule has 0 spiro atoms. The molecule has 7 nitrogen and oxygen atoms in total. The third kappa shape index (κ3) is 8.82. The van der Waals surface area contributed by atoms with Gasteiger partial charge in [-0.3, -0.25) is 9.05 Å². The molecule has 0 aromatic heterocycles. The van der Waals surface area contributed by atoms with Crippen molar-refractivity contribution in [2.45, 2.75) is 71.3 Å². The van der Waals surface area contributed by atoms with E-state index in [1.54, 1.807) is 43.3 Å². The van der Waals surface area contributed by atoms with Crippen molar-refractivity contribution in [3.63, 3.8) is 0 Å². The van der Waals surface area contributed by atoms with Crippen LogP contribution in [0.5, 0.6) is 11.5 Å². The summed E-state index contributed by atoms with van der Waals surface area (Å²) >= 11 is 1.02. The Morgan fingerprint density at radius 2 is 1.92 bits per heavy atom. The number of benzene rings is 2. The first-order valence-corrected chi connectivity index (χ1v) is 15.8. The first kappa shape index (κ1) is 31.2. The molecule has 0 saturated heterocycles. The van der Waals surface area contributed by atoms with Crippen LogP contribution in [-0.2, 0) is 31.4 Å². The number of hydrogen-bond acceptors (Lipinski definition) is 7. The molecule has 0 radical (unpaired) electrons. The van der Waals surface area contributed by atoms with Crippen LogP contribution < -0.4 is 4.74 Å². The lowest BCUT2D eigenvalue weighted by molar-refractivity contribution is -0.139. The highest BCUT2D eigenvalue weighted by molar-refractivity contribution is 8.00. The molecule has 0 aliphatic heterocycles. The van der Waals surface area contributed by atoms with E-state index in [0.29, 0.717) is 23.3 Å². The van der Waals surface area contributed by atoms with Gasteiger partial charge in [0.05, 0.1) is 6.61 Å². The van der Waals surface area contributed by atoms with Gasteiger partial charge in [-0.05, 0) is 68.0 Å². The van der Waals surface area contributed by atoms with Crippen molar-refractivity contribution in [1.82, 2.24) is 0 Å². The Bertz CT molecular complexity index is 1230. The number of hydrogen-bond donors (Lipinski definition) is 2. The Kier molecular flexibility index (Phi) is 11.5. The Labute approximate surface area is 235 Å². The molecule has 2 N–H and O–H groups in total. The third-order valence-electron chi connectivity index (χ3n) is 6.62. The minimum Gasteiger partial charge on any atom is -0.507 e. The quantitative estimate of drug-likeness (QED) is 0.0826. The monoisotopic (exact) mass is 574 g/mol. The minimum atomic E-state index is -4.59. The van der Waals surface area contributed by atoms with E-state index in [4.69, 9.17) is 13.8 Å². The first-order valence-electron chi connectivity index (χ1n) is 13.3. The molecular weight excluding hydrogens is 535 g/mol. The molecule has 1 aliphatic rings. The minimum absolute atomic E-state index is 0.0468. The summed E-state index contributed by atoms with van der Waals surface area (Å²) in [5.41, 5.74) is 2.77. The number of esters is 1. The smallest absolute Gasteiger partial charge is 0.474 e. The van der Waals surface area contributed by atoms with E-state index < -0.39 is 19.2 Å². The fraction of sp³-hybridized carbons (Fsp3) is 0.433. The summed E-state index contributed by atoms with van der Waals surface area (Å²) in [5.74, 6) is -0.327. The second kappa shape index (κ2) is 14.3. The normalized spacial score (nSPS) is 19.6. The molecular formula is C30H39O7PS. The summed E-state index contributed by atoms with van der Waals surface area (Å²) in [4.78, 5) is 23.7. The second-order valence-electron chi connectivity index (χ2n) is 9.85. The van der Waals surface area contributed by atoms with E-state index in [-0.39, 0.29) is 29.9 Å². The van der Waals surface area contributed by atoms with Crippen molar-refractivity contribution >= 4 is 25.6 Å². The van der Waals surface area contributed by atoms with E-state index in [0.717, 1.165) is 42.2 Å². The maximum atomic E-state index is 13.4. The molecule has 2 aromatic rings. The topological polar surface area (TPSA) is 102 Å². The van der Waals surface area contributed by atoms with Gasteiger partial charge in [0.2, 0.25) is 5.44 Å². The molecule has 0 bridgehead atoms. The predicted molar refractivity (Wildman–Crippen MR) is 156 cm³/mol. The number of ether oxygens (including phenoxy) is 1. The summed E-state index contributed by atoms with van der Waals surface area (Å²) < 4.78 is 29.0. The van der Waals surface area contributed by atoms with Crippen LogP contribution in [0.15, 0.2) is 66.3 Å². The lowest BCUT2D eigenvalue weighted by Crippen LogP contribution is -2.27. The van der Waals surface area contributed by atoms with Crippen LogP contribution in [0.25, 0.3) is 0 Å². The Morgan fingerprint density at radius 1 is 1.21 bits per heavy atom. The number of rotatable bonds is 13. The highest BCUT2D eigenvalue weighted by Gasteiger charge is 2.35. The van der Waals surface area contributed by atoms with Crippen molar-refractivity contribution in [2.75, 3.05) is 5.75 Å². The zero-order chi connectivity index (χ0) is 28.6. The molecule has 3 rings (SSSR count). The number of aromatic hydroxyl groups is 1. The van der Waals surface area contributed by atoms with Gasteiger partial charge in [-0.2, -0.15) is 0 Å².